The molecule has 158 valence electrons. The van der Waals surface area contributed by atoms with Crippen LogP contribution in [0.1, 0.15) is 31.4 Å². The van der Waals surface area contributed by atoms with Gasteiger partial charge >= 0.3 is 0 Å². The summed E-state index contributed by atoms with van der Waals surface area (Å²) < 4.78 is 32.3. The molecule has 0 aliphatic carbocycles. The second-order valence-electron chi connectivity index (χ2n) is 5.76. The number of sulfonamides is 1. The number of hydrogen-bond donors (Lipinski definition) is 2. The van der Waals surface area contributed by atoms with Crippen molar-refractivity contribution in [1.29, 1.82) is 0 Å². The van der Waals surface area contributed by atoms with Crippen LogP contribution in [0, 0.1) is 0 Å². The van der Waals surface area contributed by atoms with Crippen LogP contribution in [0.4, 0.5) is 0 Å². The molecule has 0 saturated heterocycles. The highest BCUT2D eigenvalue weighted by Crippen LogP contribution is 2.25. The van der Waals surface area contributed by atoms with Gasteiger partial charge in [-0.05, 0) is 37.6 Å². The molecule has 10 heteroatoms. The lowest BCUT2D eigenvalue weighted by Crippen LogP contribution is -2.38. The highest BCUT2D eigenvalue weighted by atomic mass is 127. The monoisotopic (exact) mass is 540 g/mol. The Hall–Kier alpha value is -1.11. The fourth-order valence-electron chi connectivity index (χ4n) is 2.53. The Kier molecular flexibility index (Phi) is 11.1. The van der Waals surface area contributed by atoms with Gasteiger partial charge in [-0.3, -0.25) is 0 Å². The fourth-order valence-corrected chi connectivity index (χ4v) is 5.49. The molecule has 2 heterocycles. The van der Waals surface area contributed by atoms with Gasteiger partial charge in [0.1, 0.15) is 16.5 Å². The van der Waals surface area contributed by atoms with Crippen molar-refractivity contribution in [3.05, 3.63) is 41.2 Å². The maximum atomic E-state index is 12.6. The van der Waals surface area contributed by atoms with E-state index in [1.54, 1.807) is 12.3 Å². The van der Waals surface area contributed by atoms with Crippen molar-refractivity contribution in [1.82, 2.24) is 14.9 Å². The Balaban J connectivity index is 0.00000392. The number of furan rings is 1. The van der Waals surface area contributed by atoms with Crippen molar-refractivity contribution in [2.45, 2.75) is 37.9 Å². The van der Waals surface area contributed by atoms with Crippen LogP contribution < -0.4 is 10.6 Å². The molecule has 0 unspecified atom stereocenters. The summed E-state index contributed by atoms with van der Waals surface area (Å²) in [6, 6.07) is 7.31. The van der Waals surface area contributed by atoms with Gasteiger partial charge in [0.25, 0.3) is 10.0 Å². The van der Waals surface area contributed by atoms with Crippen LogP contribution in [0.15, 0.2) is 44.1 Å². The molecule has 28 heavy (non-hydrogen) atoms. The highest BCUT2D eigenvalue weighted by molar-refractivity contribution is 14.0. The molecule has 0 bridgehead atoms. The number of rotatable bonds is 10. The molecule has 0 radical (unpaired) electrons. The number of guanidine groups is 1. The fraction of sp³-hybridized carbons (Fsp3) is 0.500. The van der Waals surface area contributed by atoms with Crippen LogP contribution in [0.25, 0.3) is 0 Å². The lowest BCUT2D eigenvalue weighted by atomic mass is 10.3. The average Bonchev–Trinajstić information content (AvgIpc) is 3.32. The second-order valence-corrected chi connectivity index (χ2v) is 9.09. The smallest absolute Gasteiger partial charge is 0.252 e. The Morgan fingerprint density at radius 3 is 2.54 bits per heavy atom. The van der Waals surface area contributed by atoms with Crippen LogP contribution in [-0.4, -0.2) is 44.9 Å². The number of aliphatic imine (C=N–C) groups is 1. The van der Waals surface area contributed by atoms with E-state index in [1.165, 1.54) is 15.6 Å². The van der Waals surface area contributed by atoms with Crippen molar-refractivity contribution in [2.75, 3.05) is 26.2 Å². The summed E-state index contributed by atoms with van der Waals surface area (Å²) in [7, 11) is -3.38. The van der Waals surface area contributed by atoms with E-state index in [-0.39, 0.29) is 24.0 Å². The molecular formula is C18H29IN4O3S2. The Morgan fingerprint density at radius 2 is 1.93 bits per heavy atom. The zero-order valence-corrected chi connectivity index (χ0v) is 20.4. The molecule has 2 N–H and O–H groups in total. The van der Waals surface area contributed by atoms with E-state index in [4.69, 9.17) is 4.42 Å². The molecule has 0 amide bonds. The van der Waals surface area contributed by atoms with Crippen molar-refractivity contribution < 1.29 is 12.8 Å². The third kappa shape index (κ3) is 7.05. The van der Waals surface area contributed by atoms with E-state index < -0.39 is 10.0 Å². The third-order valence-electron chi connectivity index (χ3n) is 3.92. The average molecular weight is 540 g/mol. The first kappa shape index (κ1) is 24.9. The number of nitrogens with one attached hydrogen (secondary N) is 2. The summed E-state index contributed by atoms with van der Waals surface area (Å²) in [5.74, 6) is 1.51. The standard InChI is InChI=1S/C18H28N4O3S2.HI/c1-4-19-18(21-14-15-8-7-13-25-15)20-12-11-16-9-10-17(26-16)27(23,24)22(5-2)6-3;/h7-10,13H,4-6,11-12,14H2,1-3H3,(H2,19,20,21);1H. The topological polar surface area (TPSA) is 86.9 Å². The van der Waals surface area contributed by atoms with E-state index in [9.17, 15) is 8.42 Å². The van der Waals surface area contributed by atoms with Gasteiger partial charge < -0.3 is 15.1 Å². The molecule has 7 nitrogen and oxygen atoms in total. The van der Waals surface area contributed by atoms with Gasteiger partial charge in [0.2, 0.25) is 0 Å². The maximum absolute atomic E-state index is 12.6. The van der Waals surface area contributed by atoms with Crippen molar-refractivity contribution >= 4 is 51.3 Å². The molecule has 0 spiro atoms. The van der Waals surface area contributed by atoms with Crippen LogP contribution in [0.2, 0.25) is 0 Å². The minimum absolute atomic E-state index is 0. The van der Waals surface area contributed by atoms with E-state index >= 15 is 0 Å². The molecule has 0 aromatic carbocycles. The molecule has 2 aromatic heterocycles. The number of thiophene rings is 1. The van der Waals surface area contributed by atoms with E-state index in [0.29, 0.717) is 36.3 Å². The predicted octanol–water partition coefficient (Wildman–Crippen LogP) is 3.29. The van der Waals surface area contributed by atoms with Crippen LogP contribution in [-0.2, 0) is 23.0 Å². The quantitative estimate of drug-likeness (QED) is 0.275. The zero-order valence-electron chi connectivity index (χ0n) is 16.5. The molecule has 0 atom stereocenters. The Morgan fingerprint density at radius 1 is 1.18 bits per heavy atom. The van der Waals surface area contributed by atoms with Gasteiger partial charge in [0.15, 0.2) is 5.96 Å². The van der Waals surface area contributed by atoms with Crippen molar-refractivity contribution in [2.24, 2.45) is 4.99 Å². The minimum Gasteiger partial charge on any atom is -0.467 e. The first-order chi connectivity index (χ1) is 13.0. The Bertz CT molecular complexity index is 816. The summed E-state index contributed by atoms with van der Waals surface area (Å²) in [6.45, 7) is 8.55. The molecule has 0 aliphatic rings. The number of halogens is 1. The summed E-state index contributed by atoms with van der Waals surface area (Å²) in [5.41, 5.74) is 0. The predicted molar refractivity (Wildman–Crippen MR) is 125 cm³/mol. The molecular weight excluding hydrogens is 511 g/mol. The largest absolute Gasteiger partial charge is 0.467 e. The first-order valence-corrected chi connectivity index (χ1v) is 11.4. The maximum Gasteiger partial charge on any atom is 0.252 e. The Labute approximate surface area is 188 Å². The SMILES string of the molecule is CCNC(=NCc1ccco1)NCCc1ccc(S(=O)(=O)N(CC)CC)s1.I. The zero-order chi connectivity index (χ0) is 19.7. The summed E-state index contributed by atoms with van der Waals surface area (Å²) in [4.78, 5) is 5.50. The number of nitrogens with zero attached hydrogens (tertiary/aromatic N) is 2. The lowest BCUT2D eigenvalue weighted by Gasteiger charge is -2.16. The second kappa shape index (κ2) is 12.5. The molecule has 2 rings (SSSR count). The molecule has 0 saturated carbocycles. The van der Waals surface area contributed by atoms with Crippen LogP contribution in [0.3, 0.4) is 0 Å². The van der Waals surface area contributed by atoms with Gasteiger partial charge in [-0.25, -0.2) is 13.4 Å². The summed E-state index contributed by atoms with van der Waals surface area (Å²) in [5, 5.41) is 6.46. The summed E-state index contributed by atoms with van der Waals surface area (Å²) >= 11 is 1.33. The minimum atomic E-state index is -3.38. The van der Waals surface area contributed by atoms with Crippen molar-refractivity contribution in [3.63, 3.8) is 0 Å². The molecule has 0 aliphatic heterocycles. The van der Waals surface area contributed by atoms with Crippen LogP contribution in [0.5, 0.6) is 0 Å². The number of hydrogen-bond acceptors (Lipinski definition) is 5. The lowest BCUT2D eigenvalue weighted by molar-refractivity contribution is 0.447. The van der Waals surface area contributed by atoms with E-state index in [1.807, 2.05) is 39.0 Å². The van der Waals surface area contributed by atoms with E-state index in [0.717, 1.165) is 23.6 Å². The first-order valence-electron chi connectivity index (χ1n) is 9.14. The van der Waals surface area contributed by atoms with Gasteiger partial charge in [0, 0.05) is 31.1 Å². The van der Waals surface area contributed by atoms with Gasteiger partial charge in [-0.15, -0.1) is 35.3 Å². The summed E-state index contributed by atoms with van der Waals surface area (Å²) in [6.07, 6.45) is 2.36. The highest BCUT2D eigenvalue weighted by Gasteiger charge is 2.23. The third-order valence-corrected chi connectivity index (χ3v) is 7.58. The normalized spacial score (nSPS) is 12.1. The van der Waals surface area contributed by atoms with Crippen LogP contribution >= 0.6 is 35.3 Å². The van der Waals surface area contributed by atoms with Gasteiger partial charge in [-0.2, -0.15) is 4.31 Å². The van der Waals surface area contributed by atoms with Crippen molar-refractivity contribution in [3.8, 4) is 0 Å². The molecule has 0 fully saturated rings. The molecule has 2 aromatic rings. The van der Waals surface area contributed by atoms with E-state index in [2.05, 4.69) is 15.6 Å². The van der Waals surface area contributed by atoms with Gasteiger partial charge in [-0.1, -0.05) is 13.8 Å². The van der Waals surface area contributed by atoms with Gasteiger partial charge in [0.05, 0.1) is 6.26 Å².